The predicted octanol–water partition coefficient (Wildman–Crippen LogP) is 3.03. The monoisotopic (exact) mass is 203 g/mol. The van der Waals surface area contributed by atoms with Crippen molar-refractivity contribution in [3.05, 3.63) is 0 Å². The van der Waals surface area contributed by atoms with Crippen LogP contribution in [0.4, 0.5) is 0 Å². The van der Waals surface area contributed by atoms with Crippen LogP contribution in [0, 0.1) is 11.3 Å². The summed E-state index contributed by atoms with van der Waals surface area (Å²) in [5.41, 5.74) is 0.491. The van der Waals surface area contributed by atoms with Crippen molar-refractivity contribution in [1.82, 2.24) is 5.32 Å². The zero-order valence-corrected chi connectivity index (χ0v) is 9.66. The molecule has 0 unspecified atom stereocenters. The van der Waals surface area contributed by atoms with Crippen LogP contribution >= 0.6 is 11.6 Å². The van der Waals surface area contributed by atoms with Gasteiger partial charge >= 0.3 is 0 Å². The Hall–Kier alpha value is 0.250. The van der Waals surface area contributed by atoms with Crippen molar-refractivity contribution in [1.29, 1.82) is 0 Å². The molecule has 1 nitrogen and oxygen atoms in total. The lowest BCUT2D eigenvalue weighted by molar-refractivity contribution is 0.119. The van der Waals surface area contributed by atoms with Crippen LogP contribution in [0.2, 0.25) is 0 Å². The van der Waals surface area contributed by atoms with Gasteiger partial charge in [-0.05, 0) is 37.1 Å². The molecular weight excluding hydrogens is 182 g/mol. The molecule has 0 heterocycles. The highest BCUT2D eigenvalue weighted by Gasteiger charge is 2.33. The van der Waals surface area contributed by atoms with Gasteiger partial charge in [-0.25, -0.2) is 0 Å². The van der Waals surface area contributed by atoms with Crippen LogP contribution in [0.3, 0.4) is 0 Å². The van der Waals surface area contributed by atoms with Crippen molar-refractivity contribution in [2.75, 3.05) is 19.0 Å². The smallest absolute Gasteiger partial charge is 0.0235 e. The summed E-state index contributed by atoms with van der Waals surface area (Å²) in [6.07, 6.45) is 5.40. The second-order valence-electron chi connectivity index (χ2n) is 4.84. The fourth-order valence-electron chi connectivity index (χ4n) is 1.94. The van der Waals surface area contributed by atoms with E-state index in [2.05, 4.69) is 19.2 Å². The molecule has 13 heavy (non-hydrogen) atoms. The van der Waals surface area contributed by atoms with Crippen LogP contribution in [0.1, 0.15) is 39.5 Å². The molecule has 1 aliphatic rings. The van der Waals surface area contributed by atoms with Gasteiger partial charge in [0.15, 0.2) is 0 Å². The number of rotatable bonds is 6. The molecule has 0 aromatic rings. The minimum absolute atomic E-state index is 0.491. The summed E-state index contributed by atoms with van der Waals surface area (Å²) >= 11 is 5.61. The minimum Gasteiger partial charge on any atom is -0.316 e. The first-order chi connectivity index (χ1) is 6.17. The van der Waals surface area contributed by atoms with Gasteiger partial charge in [0.2, 0.25) is 0 Å². The molecule has 0 aromatic carbocycles. The highest BCUT2D eigenvalue weighted by atomic mass is 35.5. The van der Waals surface area contributed by atoms with E-state index in [9.17, 15) is 0 Å². The summed E-state index contributed by atoms with van der Waals surface area (Å²) in [5, 5.41) is 3.49. The third-order valence-electron chi connectivity index (χ3n) is 3.28. The second-order valence-corrected chi connectivity index (χ2v) is 5.21. The van der Waals surface area contributed by atoms with Gasteiger partial charge in [-0.15, -0.1) is 11.6 Å². The molecule has 1 fully saturated rings. The van der Waals surface area contributed by atoms with Crippen LogP contribution in [-0.4, -0.2) is 19.0 Å². The molecule has 0 aromatic heterocycles. The van der Waals surface area contributed by atoms with Gasteiger partial charge < -0.3 is 5.32 Å². The summed E-state index contributed by atoms with van der Waals surface area (Å²) in [7, 11) is 0. The van der Waals surface area contributed by atoms with Gasteiger partial charge in [0.05, 0.1) is 0 Å². The molecule has 1 aliphatic carbocycles. The van der Waals surface area contributed by atoms with Crippen molar-refractivity contribution >= 4 is 11.6 Å². The lowest BCUT2D eigenvalue weighted by Gasteiger charge is -2.40. The van der Waals surface area contributed by atoms with E-state index in [-0.39, 0.29) is 0 Å². The number of alkyl halides is 1. The van der Waals surface area contributed by atoms with E-state index >= 15 is 0 Å². The van der Waals surface area contributed by atoms with E-state index in [0.717, 1.165) is 31.3 Å². The van der Waals surface area contributed by atoms with Crippen molar-refractivity contribution < 1.29 is 0 Å². The molecule has 0 spiro atoms. The molecule has 0 bridgehead atoms. The van der Waals surface area contributed by atoms with E-state index < -0.39 is 0 Å². The Kier molecular flexibility index (Phi) is 4.54. The maximum Gasteiger partial charge on any atom is 0.0235 e. The quantitative estimate of drug-likeness (QED) is 0.517. The molecular formula is C11H22ClN. The lowest BCUT2D eigenvalue weighted by atomic mass is 9.67. The molecule has 0 amide bonds. The normalized spacial score (nSPS) is 18.7. The van der Waals surface area contributed by atoms with Gasteiger partial charge in [0.1, 0.15) is 0 Å². The standard InChI is InChI=1S/C11H22ClN/c1-11(2,10-5-3-6-10)9-13-8-4-7-12/h10,13H,3-9H2,1-2H3. The Bertz CT molecular complexity index is 141. The van der Waals surface area contributed by atoms with E-state index in [4.69, 9.17) is 11.6 Å². The van der Waals surface area contributed by atoms with Gasteiger partial charge in [0, 0.05) is 12.4 Å². The molecule has 0 atom stereocenters. The van der Waals surface area contributed by atoms with Crippen LogP contribution in [0.15, 0.2) is 0 Å². The molecule has 1 saturated carbocycles. The summed E-state index contributed by atoms with van der Waals surface area (Å²) in [6.45, 7) is 6.98. The van der Waals surface area contributed by atoms with Crippen LogP contribution in [-0.2, 0) is 0 Å². The summed E-state index contributed by atoms with van der Waals surface area (Å²) in [4.78, 5) is 0. The zero-order chi connectivity index (χ0) is 9.73. The highest BCUT2D eigenvalue weighted by molar-refractivity contribution is 6.17. The molecule has 0 radical (unpaired) electrons. The molecule has 78 valence electrons. The number of halogens is 1. The fourth-order valence-corrected chi connectivity index (χ4v) is 2.07. The second kappa shape index (κ2) is 5.21. The molecule has 0 saturated heterocycles. The number of hydrogen-bond acceptors (Lipinski definition) is 1. The fraction of sp³-hybridized carbons (Fsp3) is 1.00. The van der Waals surface area contributed by atoms with Crippen molar-refractivity contribution in [2.45, 2.75) is 39.5 Å². The third kappa shape index (κ3) is 3.47. The lowest BCUT2D eigenvalue weighted by Crippen LogP contribution is -2.39. The largest absolute Gasteiger partial charge is 0.316 e. The summed E-state index contributed by atoms with van der Waals surface area (Å²) in [5.74, 6) is 1.73. The van der Waals surface area contributed by atoms with E-state index in [1.807, 2.05) is 0 Å². The zero-order valence-electron chi connectivity index (χ0n) is 8.91. The maximum absolute atomic E-state index is 5.61. The number of hydrogen-bond donors (Lipinski definition) is 1. The van der Waals surface area contributed by atoms with Crippen molar-refractivity contribution in [3.63, 3.8) is 0 Å². The van der Waals surface area contributed by atoms with Crippen LogP contribution in [0.5, 0.6) is 0 Å². The van der Waals surface area contributed by atoms with Gasteiger partial charge in [-0.1, -0.05) is 20.3 Å². The van der Waals surface area contributed by atoms with Gasteiger partial charge in [-0.3, -0.25) is 0 Å². The van der Waals surface area contributed by atoms with Crippen LogP contribution < -0.4 is 5.32 Å². The average molecular weight is 204 g/mol. The van der Waals surface area contributed by atoms with E-state index in [1.165, 1.54) is 19.3 Å². The Balaban J connectivity index is 2.10. The Morgan fingerprint density at radius 3 is 2.54 bits per heavy atom. The number of nitrogens with one attached hydrogen (secondary N) is 1. The van der Waals surface area contributed by atoms with Gasteiger partial charge in [-0.2, -0.15) is 0 Å². The SMILES string of the molecule is CC(C)(CNCCCCl)C1CCC1. The van der Waals surface area contributed by atoms with Crippen LogP contribution in [0.25, 0.3) is 0 Å². The van der Waals surface area contributed by atoms with E-state index in [1.54, 1.807) is 0 Å². The maximum atomic E-state index is 5.61. The topological polar surface area (TPSA) is 12.0 Å². The van der Waals surface area contributed by atoms with Crippen molar-refractivity contribution in [3.8, 4) is 0 Å². The molecule has 1 N–H and O–H groups in total. The average Bonchev–Trinajstić information content (AvgIpc) is 1.93. The summed E-state index contributed by atoms with van der Waals surface area (Å²) in [6, 6.07) is 0. The Morgan fingerprint density at radius 1 is 1.38 bits per heavy atom. The highest BCUT2D eigenvalue weighted by Crippen LogP contribution is 2.41. The predicted molar refractivity (Wildman–Crippen MR) is 59.3 cm³/mol. The van der Waals surface area contributed by atoms with Crippen molar-refractivity contribution in [2.24, 2.45) is 11.3 Å². The molecule has 2 heteroatoms. The first-order valence-electron chi connectivity index (χ1n) is 5.43. The summed E-state index contributed by atoms with van der Waals surface area (Å²) < 4.78 is 0. The van der Waals surface area contributed by atoms with E-state index in [0.29, 0.717) is 5.41 Å². The molecule has 0 aliphatic heterocycles. The Labute approximate surface area is 87.2 Å². The first-order valence-corrected chi connectivity index (χ1v) is 5.97. The molecule has 1 rings (SSSR count). The third-order valence-corrected chi connectivity index (χ3v) is 3.55. The Morgan fingerprint density at radius 2 is 2.08 bits per heavy atom. The first kappa shape index (κ1) is 11.3. The minimum atomic E-state index is 0.491. The van der Waals surface area contributed by atoms with Gasteiger partial charge in [0.25, 0.3) is 0 Å².